The second-order valence-electron chi connectivity index (χ2n) is 2.06. The topological polar surface area (TPSA) is 30.2 Å². The average Bonchev–Trinajstić information content (AvgIpc) is 2.40. The lowest BCUT2D eigenvalue weighted by Gasteiger charge is -1.82. The van der Waals surface area contributed by atoms with Gasteiger partial charge in [0, 0.05) is 5.56 Å². The number of carbonyl (C=O) groups is 1. The molecule has 0 N–H and O–H groups in total. The van der Waals surface area contributed by atoms with Crippen LogP contribution in [0.3, 0.4) is 0 Å². The molecule has 0 saturated heterocycles. The van der Waals surface area contributed by atoms with E-state index in [1.54, 1.807) is 31.6 Å². The molecule has 0 saturated carbocycles. The summed E-state index contributed by atoms with van der Waals surface area (Å²) >= 11 is 0. The Bertz CT molecular complexity index is 232. The fraction of sp³-hybridized carbons (Fsp3) is 0.125. The van der Waals surface area contributed by atoms with Crippen LogP contribution in [-0.4, -0.2) is 6.29 Å². The van der Waals surface area contributed by atoms with Crippen LogP contribution in [0.5, 0.6) is 0 Å². The number of hydrogen-bond acceptors (Lipinski definition) is 2. The zero-order valence-electron chi connectivity index (χ0n) is 5.70. The summed E-state index contributed by atoms with van der Waals surface area (Å²) < 4.78 is 4.80. The van der Waals surface area contributed by atoms with E-state index < -0.39 is 0 Å². The highest BCUT2D eigenvalue weighted by Crippen LogP contribution is 2.04. The molecule has 1 heterocycles. The summed E-state index contributed by atoms with van der Waals surface area (Å²) in [6, 6.07) is 1.80. The first-order chi connectivity index (χ1) is 4.83. The molecule has 0 aliphatic carbocycles. The van der Waals surface area contributed by atoms with Crippen molar-refractivity contribution in [3.05, 3.63) is 29.7 Å². The summed E-state index contributed by atoms with van der Waals surface area (Å²) in [6.45, 7) is 1.75. The third-order valence-corrected chi connectivity index (χ3v) is 1.12. The van der Waals surface area contributed by atoms with Gasteiger partial charge in [-0.2, -0.15) is 0 Å². The molecule has 0 aliphatic heterocycles. The number of carbonyl (C=O) groups excluding carboxylic acids is 1. The Kier molecular flexibility index (Phi) is 2.05. The van der Waals surface area contributed by atoms with Crippen LogP contribution in [0.15, 0.2) is 28.6 Å². The Morgan fingerprint density at radius 1 is 1.70 bits per heavy atom. The lowest BCUT2D eigenvalue weighted by molar-refractivity contribution is -0.104. The summed E-state index contributed by atoms with van der Waals surface area (Å²) in [4.78, 5) is 10.1. The molecule has 2 nitrogen and oxygen atoms in total. The van der Waals surface area contributed by atoms with E-state index in [-0.39, 0.29) is 0 Å². The number of hydrogen-bond donors (Lipinski definition) is 0. The molecule has 0 bridgehead atoms. The number of aldehydes is 1. The van der Waals surface area contributed by atoms with Crippen molar-refractivity contribution in [3.8, 4) is 0 Å². The molecule has 0 fully saturated rings. The molecular formula is C8H8O2. The minimum absolute atomic E-state index is 0.696. The second-order valence-corrected chi connectivity index (χ2v) is 2.06. The SMILES string of the molecule is C/C(C=O)=C/c1ccoc1. The molecule has 0 unspecified atom stereocenters. The van der Waals surface area contributed by atoms with Gasteiger partial charge in [-0.15, -0.1) is 0 Å². The van der Waals surface area contributed by atoms with Gasteiger partial charge in [0.05, 0.1) is 12.5 Å². The lowest BCUT2D eigenvalue weighted by atomic mass is 10.2. The van der Waals surface area contributed by atoms with E-state index in [9.17, 15) is 4.79 Å². The van der Waals surface area contributed by atoms with Gasteiger partial charge in [-0.1, -0.05) is 0 Å². The smallest absolute Gasteiger partial charge is 0.145 e. The third kappa shape index (κ3) is 1.58. The van der Waals surface area contributed by atoms with Crippen LogP contribution >= 0.6 is 0 Å². The van der Waals surface area contributed by atoms with Gasteiger partial charge in [0.1, 0.15) is 6.29 Å². The molecular weight excluding hydrogens is 128 g/mol. The summed E-state index contributed by atoms with van der Waals surface area (Å²) in [6.07, 6.45) is 5.74. The van der Waals surface area contributed by atoms with Crippen LogP contribution in [0.4, 0.5) is 0 Å². The molecule has 0 radical (unpaired) electrons. The largest absolute Gasteiger partial charge is 0.472 e. The van der Waals surface area contributed by atoms with Crippen molar-refractivity contribution in [1.29, 1.82) is 0 Å². The van der Waals surface area contributed by atoms with Crippen LogP contribution in [-0.2, 0) is 4.79 Å². The van der Waals surface area contributed by atoms with E-state index in [1.807, 2.05) is 0 Å². The maximum absolute atomic E-state index is 10.1. The van der Waals surface area contributed by atoms with Crippen molar-refractivity contribution in [2.75, 3.05) is 0 Å². The van der Waals surface area contributed by atoms with E-state index >= 15 is 0 Å². The number of furan rings is 1. The summed E-state index contributed by atoms with van der Waals surface area (Å²) in [5, 5.41) is 0. The molecule has 0 spiro atoms. The van der Waals surface area contributed by atoms with E-state index in [1.165, 1.54) is 0 Å². The Balaban J connectivity index is 2.80. The van der Waals surface area contributed by atoms with E-state index in [0.717, 1.165) is 11.8 Å². The van der Waals surface area contributed by atoms with Crippen molar-refractivity contribution in [3.63, 3.8) is 0 Å². The lowest BCUT2D eigenvalue weighted by Crippen LogP contribution is -1.73. The fourth-order valence-electron chi connectivity index (χ4n) is 0.654. The van der Waals surface area contributed by atoms with Crippen molar-refractivity contribution in [1.82, 2.24) is 0 Å². The minimum Gasteiger partial charge on any atom is -0.472 e. The Morgan fingerprint density at radius 2 is 2.50 bits per heavy atom. The van der Waals surface area contributed by atoms with Gasteiger partial charge in [-0.25, -0.2) is 0 Å². The van der Waals surface area contributed by atoms with E-state index in [0.29, 0.717) is 5.57 Å². The predicted octanol–water partition coefficient (Wildman–Crippen LogP) is 1.88. The quantitative estimate of drug-likeness (QED) is 0.459. The molecule has 1 aromatic heterocycles. The zero-order chi connectivity index (χ0) is 7.40. The van der Waals surface area contributed by atoms with Gasteiger partial charge >= 0.3 is 0 Å². The molecule has 0 amide bonds. The van der Waals surface area contributed by atoms with Crippen molar-refractivity contribution < 1.29 is 9.21 Å². The van der Waals surface area contributed by atoms with Crippen LogP contribution in [0.2, 0.25) is 0 Å². The normalized spacial score (nSPS) is 11.5. The van der Waals surface area contributed by atoms with Gasteiger partial charge in [-0.3, -0.25) is 4.79 Å². The van der Waals surface area contributed by atoms with E-state index in [2.05, 4.69) is 0 Å². The van der Waals surface area contributed by atoms with Crippen LogP contribution < -0.4 is 0 Å². The van der Waals surface area contributed by atoms with Gasteiger partial charge in [-0.05, 0) is 24.6 Å². The third-order valence-electron chi connectivity index (χ3n) is 1.12. The summed E-state index contributed by atoms with van der Waals surface area (Å²) in [5.41, 5.74) is 1.62. The molecule has 0 aliphatic rings. The maximum Gasteiger partial charge on any atom is 0.145 e. The highest BCUT2D eigenvalue weighted by atomic mass is 16.3. The van der Waals surface area contributed by atoms with Gasteiger partial charge in [0.2, 0.25) is 0 Å². The zero-order valence-corrected chi connectivity index (χ0v) is 5.70. The first kappa shape index (κ1) is 6.81. The number of rotatable bonds is 2. The molecule has 52 valence electrons. The predicted molar refractivity (Wildman–Crippen MR) is 38.4 cm³/mol. The van der Waals surface area contributed by atoms with E-state index in [4.69, 9.17) is 4.42 Å². The maximum atomic E-state index is 10.1. The average molecular weight is 136 g/mol. The minimum atomic E-state index is 0.696. The Morgan fingerprint density at radius 3 is 3.00 bits per heavy atom. The highest BCUT2D eigenvalue weighted by Gasteiger charge is 1.88. The van der Waals surface area contributed by atoms with Gasteiger partial charge < -0.3 is 4.42 Å². The summed E-state index contributed by atoms with van der Waals surface area (Å²) in [7, 11) is 0. The molecule has 0 atom stereocenters. The molecule has 2 heteroatoms. The second kappa shape index (κ2) is 3.01. The standard InChI is InChI=1S/C8H8O2/c1-7(5-9)4-8-2-3-10-6-8/h2-6H,1H3/b7-4-. The van der Waals surface area contributed by atoms with Crippen LogP contribution in [0.25, 0.3) is 6.08 Å². The Labute approximate surface area is 59.2 Å². The number of allylic oxidation sites excluding steroid dienone is 1. The van der Waals surface area contributed by atoms with Gasteiger partial charge in [0.25, 0.3) is 0 Å². The van der Waals surface area contributed by atoms with Crippen LogP contribution in [0, 0.1) is 0 Å². The molecule has 0 aromatic carbocycles. The van der Waals surface area contributed by atoms with Crippen molar-refractivity contribution >= 4 is 12.4 Å². The summed E-state index contributed by atoms with van der Waals surface area (Å²) in [5.74, 6) is 0. The highest BCUT2D eigenvalue weighted by molar-refractivity contribution is 5.80. The molecule has 1 aromatic rings. The fourth-order valence-corrected chi connectivity index (χ4v) is 0.654. The van der Waals surface area contributed by atoms with Crippen molar-refractivity contribution in [2.45, 2.75) is 6.92 Å². The first-order valence-corrected chi connectivity index (χ1v) is 2.98. The first-order valence-electron chi connectivity index (χ1n) is 2.98. The van der Waals surface area contributed by atoms with Gasteiger partial charge in [0.15, 0.2) is 0 Å². The van der Waals surface area contributed by atoms with Crippen LogP contribution in [0.1, 0.15) is 12.5 Å². The van der Waals surface area contributed by atoms with Crippen molar-refractivity contribution in [2.24, 2.45) is 0 Å². The molecule has 10 heavy (non-hydrogen) atoms. The Hall–Kier alpha value is -1.31. The molecule has 1 rings (SSSR count). The monoisotopic (exact) mass is 136 g/mol.